The number of ether oxygens (including phenoxy) is 4. The number of benzene rings is 1. The Morgan fingerprint density at radius 1 is 1.05 bits per heavy atom. The molecule has 0 unspecified atom stereocenters. The number of hydrogen-bond donors (Lipinski definition) is 1. The smallest absolute Gasteiger partial charge is 0.317 e. The second-order valence-corrected chi connectivity index (χ2v) is 11.7. The third-order valence-corrected chi connectivity index (χ3v) is 8.95. The molecule has 5 rings (SSSR count). The van der Waals surface area contributed by atoms with Crippen LogP contribution in [-0.4, -0.2) is 85.6 Å². The standard InChI is InChI=1S/C32H46N4O5/c1-21-8-10-23(11-9-21)28-7-5-6-25(41-28)12-13-26-22(2)30(35-32(34-26)39-4)31(37)36-17-14-24(15-18-36)33-27-16-19-40-20-29(27)38-3/h8-11,24-25,27-29,33H,5-7,12-20H2,1-4H3/t25-,27-,28+,29+/m1/s1. The maximum Gasteiger partial charge on any atom is 0.317 e. The molecule has 41 heavy (non-hydrogen) atoms. The molecular weight excluding hydrogens is 520 g/mol. The van der Waals surface area contributed by atoms with Crippen LogP contribution in [0.1, 0.15) is 83.9 Å². The van der Waals surface area contributed by atoms with Gasteiger partial charge in [-0.15, -0.1) is 0 Å². The number of carbonyl (C=O) groups excluding carboxylic acids is 1. The Hall–Kier alpha value is -2.59. The highest BCUT2D eigenvalue weighted by Crippen LogP contribution is 2.33. The Labute approximate surface area is 244 Å². The summed E-state index contributed by atoms with van der Waals surface area (Å²) in [5.41, 5.74) is 4.66. The average Bonchev–Trinajstić information content (AvgIpc) is 3.01. The van der Waals surface area contributed by atoms with Gasteiger partial charge in [0.2, 0.25) is 0 Å². The molecule has 0 saturated carbocycles. The highest BCUT2D eigenvalue weighted by molar-refractivity contribution is 5.94. The maximum absolute atomic E-state index is 13.7. The molecule has 1 amide bonds. The molecule has 1 aromatic heterocycles. The number of carbonyl (C=O) groups is 1. The van der Waals surface area contributed by atoms with Gasteiger partial charge in [0.05, 0.1) is 37.7 Å². The summed E-state index contributed by atoms with van der Waals surface area (Å²) in [6.45, 7) is 6.83. The Morgan fingerprint density at radius 3 is 2.56 bits per heavy atom. The summed E-state index contributed by atoms with van der Waals surface area (Å²) >= 11 is 0. The number of piperidine rings is 1. The number of amides is 1. The summed E-state index contributed by atoms with van der Waals surface area (Å²) in [4.78, 5) is 24.7. The molecule has 3 fully saturated rings. The van der Waals surface area contributed by atoms with E-state index < -0.39 is 0 Å². The third kappa shape index (κ3) is 7.44. The average molecular weight is 567 g/mol. The lowest BCUT2D eigenvalue weighted by molar-refractivity contribution is -0.0547. The quantitative estimate of drug-likeness (QED) is 0.479. The fourth-order valence-corrected chi connectivity index (χ4v) is 6.36. The van der Waals surface area contributed by atoms with E-state index in [4.69, 9.17) is 18.9 Å². The summed E-state index contributed by atoms with van der Waals surface area (Å²) in [5.74, 6) is -0.0444. The Morgan fingerprint density at radius 2 is 1.83 bits per heavy atom. The number of rotatable bonds is 9. The number of methoxy groups -OCH3 is 2. The molecule has 1 aromatic carbocycles. The third-order valence-electron chi connectivity index (χ3n) is 8.95. The second kappa shape index (κ2) is 14.1. The van der Waals surface area contributed by atoms with Gasteiger partial charge in [0.1, 0.15) is 5.69 Å². The largest absolute Gasteiger partial charge is 0.467 e. The molecular formula is C32H46N4O5. The SMILES string of the molecule is COc1nc(CC[C@H]2CCC[C@@H](c3ccc(C)cc3)O2)c(C)c(C(=O)N2CCC(N[C@@H]3CCOC[C@@H]3OC)CC2)n1. The zero-order valence-corrected chi connectivity index (χ0v) is 25.1. The van der Waals surface area contributed by atoms with Gasteiger partial charge in [0, 0.05) is 44.5 Å². The summed E-state index contributed by atoms with van der Waals surface area (Å²) < 4.78 is 23.1. The molecule has 0 bridgehead atoms. The van der Waals surface area contributed by atoms with Gasteiger partial charge in [-0.1, -0.05) is 29.8 Å². The van der Waals surface area contributed by atoms with Crippen LogP contribution < -0.4 is 10.1 Å². The van der Waals surface area contributed by atoms with E-state index in [-0.39, 0.29) is 36.3 Å². The van der Waals surface area contributed by atoms with Gasteiger partial charge in [0.25, 0.3) is 5.91 Å². The van der Waals surface area contributed by atoms with Gasteiger partial charge < -0.3 is 29.2 Å². The van der Waals surface area contributed by atoms with Crippen molar-refractivity contribution in [1.82, 2.24) is 20.2 Å². The van der Waals surface area contributed by atoms with Crippen molar-refractivity contribution < 1.29 is 23.7 Å². The summed E-state index contributed by atoms with van der Waals surface area (Å²) in [6, 6.07) is 9.56. The van der Waals surface area contributed by atoms with Gasteiger partial charge in [-0.05, 0) is 70.8 Å². The minimum absolute atomic E-state index is 0.0444. The molecule has 3 aliphatic rings. The Bertz CT molecular complexity index is 1150. The predicted octanol–water partition coefficient (Wildman–Crippen LogP) is 4.34. The highest BCUT2D eigenvalue weighted by Gasteiger charge is 2.32. The molecule has 9 heteroatoms. The van der Waals surface area contributed by atoms with E-state index in [1.807, 2.05) is 11.8 Å². The number of aryl methyl sites for hydroxylation is 2. The molecule has 4 heterocycles. The second-order valence-electron chi connectivity index (χ2n) is 11.7. The van der Waals surface area contributed by atoms with Gasteiger partial charge in [-0.3, -0.25) is 4.79 Å². The zero-order valence-electron chi connectivity index (χ0n) is 25.1. The van der Waals surface area contributed by atoms with Crippen LogP contribution in [0.5, 0.6) is 6.01 Å². The van der Waals surface area contributed by atoms with Crippen molar-refractivity contribution in [3.63, 3.8) is 0 Å². The lowest BCUT2D eigenvalue weighted by atomic mass is 9.95. The first-order valence-electron chi connectivity index (χ1n) is 15.2. The normalized spacial score (nSPS) is 25.7. The van der Waals surface area contributed by atoms with Crippen molar-refractivity contribution >= 4 is 5.91 Å². The maximum atomic E-state index is 13.7. The fraction of sp³-hybridized carbons (Fsp3) is 0.656. The van der Waals surface area contributed by atoms with E-state index >= 15 is 0 Å². The van der Waals surface area contributed by atoms with Crippen molar-refractivity contribution in [1.29, 1.82) is 0 Å². The molecule has 0 aliphatic carbocycles. The van der Waals surface area contributed by atoms with E-state index in [1.165, 1.54) is 11.1 Å². The number of nitrogens with zero attached hydrogens (tertiary/aromatic N) is 3. The first-order valence-corrected chi connectivity index (χ1v) is 15.2. The monoisotopic (exact) mass is 566 g/mol. The topological polar surface area (TPSA) is 95.0 Å². The Balaban J connectivity index is 1.19. The molecule has 3 aliphatic heterocycles. The van der Waals surface area contributed by atoms with E-state index in [1.54, 1.807) is 14.2 Å². The zero-order chi connectivity index (χ0) is 28.8. The summed E-state index contributed by atoms with van der Waals surface area (Å²) in [5, 5.41) is 3.76. The van der Waals surface area contributed by atoms with Crippen molar-refractivity contribution in [2.75, 3.05) is 40.5 Å². The van der Waals surface area contributed by atoms with Crippen molar-refractivity contribution in [2.45, 2.75) is 95.6 Å². The summed E-state index contributed by atoms with van der Waals surface area (Å²) in [7, 11) is 3.30. The molecule has 4 atom stereocenters. The minimum Gasteiger partial charge on any atom is -0.467 e. The van der Waals surface area contributed by atoms with Crippen LogP contribution in [0.4, 0.5) is 0 Å². The van der Waals surface area contributed by atoms with E-state index in [9.17, 15) is 4.79 Å². The first-order chi connectivity index (χ1) is 19.9. The lowest BCUT2D eigenvalue weighted by Gasteiger charge is -2.38. The van der Waals surface area contributed by atoms with Crippen molar-refractivity contribution in [3.8, 4) is 6.01 Å². The van der Waals surface area contributed by atoms with Crippen LogP contribution in [0, 0.1) is 13.8 Å². The Kier molecular flexibility index (Phi) is 10.2. The number of likely N-dealkylation sites (tertiary alicyclic amines) is 1. The molecule has 3 saturated heterocycles. The van der Waals surface area contributed by atoms with Crippen LogP contribution in [0.2, 0.25) is 0 Å². The van der Waals surface area contributed by atoms with Crippen LogP contribution in [0.15, 0.2) is 24.3 Å². The highest BCUT2D eigenvalue weighted by atomic mass is 16.5. The van der Waals surface area contributed by atoms with E-state index in [0.29, 0.717) is 37.9 Å². The first kappa shape index (κ1) is 29.9. The van der Waals surface area contributed by atoms with E-state index in [0.717, 1.165) is 62.8 Å². The lowest BCUT2D eigenvalue weighted by Crippen LogP contribution is -2.54. The molecule has 2 aromatic rings. The molecule has 224 valence electrons. The van der Waals surface area contributed by atoms with Gasteiger partial charge >= 0.3 is 6.01 Å². The minimum atomic E-state index is -0.0444. The molecule has 0 spiro atoms. The van der Waals surface area contributed by atoms with Gasteiger partial charge in [-0.2, -0.15) is 9.97 Å². The predicted molar refractivity (Wildman–Crippen MR) is 156 cm³/mol. The fourth-order valence-electron chi connectivity index (χ4n) is 6.36. The van der Waals surface area contributed by atoms with Crippen LogP contribution >= 0.6 is 0 Å². The molecule has 0 radical (unpaired) electrons. The number of nitrogens with one attached hydrogen (secondary N) is 1. The molecule has 1 N–H and O–H groups in total. The van der Waals surface area contributed by atoms with Crippen LogP contribution in [-0.2, 0) is 20.6 Å². The van der Waals surface area contributed by atoms with Crippen LogP contribution in [0.25, 0.3) is 0 Å². The van der Waals surface area contributed by atoms with Crippen molar-refractivity contribution in [2.24, 2.45) is 0 Å². The van der Waals surface area contributed by atoms with E-state index in [2.05, 4.69) is 46.5 Å². The van der Waals surface area contributed by atoms with Gasteiger partial charge in [0.15, 0.2) is 0 Å². The van der Waals surface area contributed by atoms with Gasteiger partial charge in [-0.25, -0.2) is 0 Å². The summed E-state index contributed by atoms with van der Waals surface area (Å²) in [6.07, 6.45) is 7.91. The number of aromatic nitrogens is 2. The number of hydrogen-bond acceptors (Lipinski definition) is 8. The van der Waals surface area contributed by atoms with Crippen LogP contribution in [0.3, 0.4) is 0 Å². The molecule has 9 nitrogen and oxygen atoms in total. The van der Waals surface area contributed by atoms with Crippen molar-refractivity contribution in [3.05, 3.63) is 52.3 Å².